The molecule has 0 radical (unpaired) electrons. The summed E-state index contributed by atoms with van der Waals surface area (Å²) in [6, 6.07) is 4.49. The van der Waals surface area contributed by atoms with E-state index in [0.29, 0.717) is 5.02 Å². The number of aromatic nitrogens is 2. The Balaban J connectivity index is 2.61. The van der Waals surface area contributed by atoms with Gasteiger partial charge in [-0.25, -0.2) is 0 Å². The molecule has 0 saturated heterocycles. The lowest BCUT2D eigenvalue weighted by atomic mass is 9.92. The van der Waals surface area contributed by atoms with E-state index in [2.05, 4.69) is 50.2 Å². The molecule has 1 aromatic carbocycles. The van der Waals surface area contributed by atoms with Crippen LogP contribution in [0.25, 0.3) is 0 Å². The van der Waals surface area contributed by atoms with Crippen molar-refractivity contribution in [3.63, 3.8) is 0 Å². The number of aryl methyl sites for hydroxylation is 4. The van der Waals surface area contributed by atoms with Gasteiger partial charge in [0, 0.05) is 6.54 Å². The molecule has 2 aromatic rings. The minimum atomic E-state index is 0.0607. The Hall–Kier alpha value is -1.32. The van der Waals surface area contributed by atoms with Crippen molar-refractivity contribution in [2.45, 2.75) is 40.3 Å². The van der Waals surface area contributed by atoms with Gasteiger partial charge in [-0.1, -0.05) is 29.3 Å². The van der Waals surface area contributed by atoms with Crippen LogP contribution in [0.3, 0.4) is 0 Å². The number of nitrogens with one attached hydrogen (secondary N) is 1. The third-order valence-corrected chi connectivity index (χ3v) is 4.01. The molecule has 3 nitrogen and oxygen atoms in total. The SMILES string of the molecule is CCn1ncc(Cl)c1C(NC)c1c(C)cc(C)cc1C. The van der Waals surface area contributed by atoms with E-state index in [-0.39, 0.29) is 6.04 Å². The zero-order chi connectivity index (χ0) is 14.9. The average Bonchev–Trinajstić information content (AvgIpc) is 2.74. The molecule has 1 aromatic heterocycles. The van der Waals surface area contributed by atoms with Crippen LogP contribution in [-0.4, -0.2) is 16.8 Å². The second-order valence-corrected chi connectivity index (χ2v) is 5.63. The predicted molar refractivity (Wildman–Crippen MR) is 84.5 cm³/mol. The van der Waals surface area contributed by atoms with Gasteiger partial charge < -0.3 is 5.32 Å². The van der Waals surface area contributed by atoms with Gasteiger partial charge in [0.2, 0.25) is 0 Å². The minimum absolute atomic E-state index is 0.0607. The van der Waals surface area contributed by atoms with Gasteiger partial charge in [0.1, 0.15) is 0 Å². The molecular formula is C16H22ClN3. The van der Waals surface area contributed by atoms with Crippen LogP contribution in [0, 0.1) is 20.8 Å². The summed E-state index contributed by atoms with van der Waals surface area (Å²) in [4.78, 5) is 0. The summed E-state index contributed by atoms with van der Waals surface area (Å²) in [5.41, 5.74) is 6.17. The van der Waals surface area contributed by atoms with E-state index in [9.17, 15) is 0 Å². The molecule has 0 bridgehead atoms. The van der Waals surface area contributed by atoms with Crippen molar-refractivity contribution < 1.29 is 0 Å². The molecule has 0 aliphatic rings. The van der Waals surface area contributed by atoms with Gasteiger partial charge in [0.05, 0.1) is 23.0 Å². The van der Waals surface area contributed by atoms with Gasteiger partial charge in [-0.05, 0) is 51.4 Å². The first-order chi connectivity index (χ1) is 9.49. The van der Waals surface area contributed by atoms with Crippen LogP contribution in [0.5, 0.6) is 0 Å². The number of halogens is 1. The largest absolute Gasteiger partial charge is 0.308 e. The molecular weight excluding hydrogens is 270 g/mol. The molecule has 20 heavy (non-hydrogen) atoms. The second kappa shape index (κ2) is 5.98. The molecule has 1 heterocycles. The number of nitrogens with zero attached hydrogens (tertiary/aromatic N) is 2. The fourth-order valence-electron chi connectivity index (χ4n) is 2.98. The van der Waals surface area contributed by atoms with Crippen molar-refractivity contribution in [2.75, 3.05) is 7.05 Å². The topological polar surface area (TPSA) is 29.9 Å². The van der Waals surface area contributed by atoms with Crippen molar-refractivity contribution in [1.82, 2.24) is 15.1 Å². The molecule has 4 heteroatoms. The third-order valence-electron chi connectivity index (χ3n) is 3.72. The van der Waals surface area contributed by atoms with Crippen LogP contribution in [0.15, 0.2) is 18.3 Å². The highest BCUT2D eigenvalue weighted by Gasteiger charge is 2.23. The summed E-state index contributed by atoms with van der Waals surface area (Å²) in [6.07, 6.45) is 1.73. The lowest BCUT2D eigenvalue weighted by molar-refractivity contribution is 0.560. The highest BCUT2D eigenvalue weighted by molar-refractivity contribution is 6.31. The molecule has 0 spiro atoms. The quantitative estimate of drug-likeness (QED) is 0.929. The molecule has 1 N–H and O–H groups in total. The third kappa shape index (κ3) is 2.60. The maximum Gasteiger partial charge on any atom is 0.0837 e. The van der Waals surface area contributed by atoms with Crippen molar-refractivity contribution >= 4 is 11.6 Å². The predicted octanol–water partition coefficient (Wildman–Crippen LogP) is 3.79. The molecule has 0 amide bonds. The van der Waals surface area contributed by atoms with Crippen LogP contribution >= 0.6 is 11.6 Å². The molecule has 1 unspecified atom stereocenters. The van der Waals surface area contributed by atoms with Gasteiger partial charge in [-0.3, -0.25) is 4.68 Å². The first-order valence-electron chi connectivity index (χ1n) is 6.95. The highest BCUT2D eigenvalue weighted by Crippen LogP contribution is 2.32. The van der Waals surface area contributed by atoms with Crippen molar-refractivity contribution in [3.8, 4) is 0 Å². The summed E-state index contributed by atoms with van der Waals surface area (Å²) < 4.78 is 1.96. The fourth-order valence-corrected chi connectivity index (χ4v) is 3.23. The molecule has 0 aliphatic heterocycles. The molecule has 0 saturated carbocycles. The van der Waals surface area contributed by atoms with E-state index in [1.165, 1.54) is 22.3 Å². The van der Waals surface area contributed by atoms with E-state index in [0.717, 1.165) is 12.2 Å². The number of hydrogen-bond acceptors (Lipinski definition) is 2. The average molecular weight is 292 g/mol. The maximum atomic E-state index is 6.36. The Morgan fingerprint density at radius 1 is 1.25 bits per heavy atom. The van der Waals surface area contributed by atoms with E-state index in [1.807, 2.05) is 11.7 Å². The molecule has 1 atom stereocenters. The maximum absolute atomic E-state index is 6.36. The first-order valence-corrected chi connectivity index (χ1v) is 7.33. The number of hydrogen-bond donors (Lipinski definition) is 1. The lowest BCUT2D eigenvalue weighted by Gasteiger charge is -2.23. The highest BCUT2D eigenvalue weighted by atomic mass is 35.5. The Labute approximate surface area is 126 Å². The van der Waals surface area contributed by atoms with E-state index < -0.39 is 0 Å². The summed E-state index contributed by atoms with van der Waals surface area (Å²) in [5, 5.41) is 8.46. The smallest absolute Gasteiger partial charge is 0.0837 e. The Morgan fingerprint density at radius 2 is 1.85 bits per heavy atom. The van der Waals surface area contributed by atoms with Crippen molar-refractivity contribution in [3.05, 3.63) is 51.3 Å². The molecule has 2 rings (SSSR count). The Bertz CT molecular complexity index is 593. The lowest BCUT2D eigenvalue weighted by Crippen LogP contribution is -2.23. The Morgan fingerprint density at radius 3 is 2.35 bits per heavy atom. The summed E-state index contributed by atoms with van der Waals surface area (Å²) >= 11 is 6.36. The normalized spacial score (nSPS) is 12.7. The number of rotatable bonds is 4. The van der Waals surface area contributed by atoms with Crippen molar-refractivity contribution in [1.29, 1.82) is 0 Å². The molecule has 108 valence electrons. The van der Waals surface area contributed by atoms with Gasteiger partial charge in [-0.15, -0.1) is 0 Å². The monoisotopic (exact) mass is 291 g/mol. The van der Waals surface area contributed by atoms with E-state index in [1.54, 1.807) is 6.20 Å². The second-order valence-electron chi connectivity index (χ2n) is 5.23. The first kappa shape index (κ1) is 15.1. The number of benzene rings is 1. The summed E-state index contributed by atoms with van der Waals surface area (Å²) in [7, 11) is 1.97. The van der Waals surface area contributed by atoms with E-state index >= 15 is 0 Å². The van der Waals surface area contributed by atoms with Gasteiger partial charge >= 0.3 is 0 Å². The summed E-state index contributed by atoms with van der Waals surface area (Å²) in [6.45, 7) is 9.32. The van der Waals surface area contributed by atoms with E-state index in [4.69, 9.17) is 11.6 Å². The van der Waals surface area contributed by atoms with Crippen LogP contribution in [0.4, 0.5) is 0 Å². The zero-order valence-electron chi connectivity index (χ0n) is 12.8. The van der Waals surface area contributed by atoms with Crippen LogP contribution < -0.4 is 5.32 Å². The Kier molecular flexibility index (Phi) is 4.51. The van der Waals surface area contributed by atoms with Crippen LogP contribution in [0.1, 0.15) is 40.9 Å². The van der Waals surface area contributed by atoms with Gasteiger partial charge in [-0.2, -0.15) is 5.10 Å². The van der Waals surface area contributed by atoms with Crippen LogP contribution in [0.2, 0.25) is 5.02 Å². The van der Waals surface area contributed by atoms with Crippen LogP contribution in [-0.2, 0) is 6.54 Å². The summed E-state index contributed by atoms with van der Waals surface area (Å²) in [5.74, 6) is 0. The molecule has 0 fully saturated rings. The minimum Gasteiger partial charge on any atom is -0.308 e. The molecule has 0 aliphatic carbocycles. The van der Waals surface area contributed by atoms with Gasteiger partial charge in [0.25, 0.3) is 0 Å². The van der Waals surface area contributed by atoms with Crippen molar-refractivity contribution in [2.24, 2.45) is 0 Å². The van der Waals surface area contributed by atoms with Gasteiger partial charge in [0.15, 0.2) is 0 Å². The fraction of sp³-hybridized carbons (Fsp3) is 0.438. The zero-order valence-corrected chi connectivity index (χ0v) is 13.5. The standard InChI is InChI=1S/C16H22ClN3/c1-6-20-16(13(17)9-19-20)15(18-5)14-11(3)7-10(2)8-12(14)4/h7-9,15,18H,6H2,1-5H3.